The van der Waals surface area contributed by atoms with Gasteiger partial charge in [0.15, 0.2) is 19.0 Å². The second-order valence-corrected chi connectivity index (χ2v) is 15.2. The zero-order chi connectivity index (χ0) is 26.9. The highest BCUT2D eigenvalue weighted by atomic mass is 28.2. The molecule has 38 heavy (non-hydrogen) atoms. The molecule has 0 aromatic heterocycles. The Morgan fingerprint density at radius 1 is 0.553 bits per heavy atom. The Hall–Kier alpha value is -3.31. The van der Waals surface area contributed by atoms with Gasteiger partial charge >= 0.3 is 0 Å². The van der Waals surface area contributed by atoms with Crippen LogP contribution in [-0.4, -0.2) is 19.0 Å². The van der Waals surface area contributed by atoms with E-state index in [-0.39, 0.29) is 10.1 Å². The van der Waals surface area contributed by atoms with Crippen molar-refractivity contribution >= 4 is 62.1 Å². The summed E-state index contributed by atoms with van der Waals surface area (Å²) in [7, 11) is 1.20. The average Bonchev–Trinajstić information content (AvgIpc) is 2.90. The molecule has 0 unspecified atom stereocenters. The Kier molecular flexibility index (Phi) is 7.24. The lowest BCUT2D eigenvalue weighted by molar-refractivity contribution is 0.648. The number of rotatable bonds is 4. The summed E-state index contributed by atoms with van der Waals surface area (Å²) in [5, 5.41) is 10.5. The highest BCUT2D eigenvalue weighted by Crippen LogP contribution is 2.32. The van der Waals surface area contributed by atoms with Gasteiger partial charge in [0.25, 0.3) is 0 Å². The van der Waals surface area contributed by atoms with Crippen molar-refractivity contribution in [1.29, 1.82) is 0 Å². The fourth-order valence-electron chi connectivity index (χ4n) is 4.46. The second kappa shape index (κ2) is 10.5. The van der Waals surface area contributed by atoms with Crippen LogP contribution in [0.5, 0.6) is 0 Å². The van der Waals surface area contributed by atoms with Crippen LogP contribution in [0.4, 0.5) is 0 Å². The molecule has 5 aromatic carbocycles. The van der Waals surface area contributed by atoms with E-state index in [2.05, 4.69) is 137 Å². The molecule has 0 aliphatic rings. The van der Waals surface area contributed by atoms with Crippen molar-refractivity contribution in [1.82, 2.24) is 0 Å². The molecule has 4 radical (unpaired) electrons. The predicted molar refractivity (Wildman–Crippen MR) is 170 cm³/mol. The molecular formula is C36H34Si2. The molecule has 2 heteroatoms. The van der Waals surface area contributed by atoms with Gasteiger partial charge in [0.05, 0.1) is 0 Å². The zero-order valence-corrected chi connectivity index (χ0v) is 25.3. The fourth-order valence-corrected chi connectivity index (χ4v) is 5.88. The van der Waals surface area contributed by atoms with E-state index in [9.17, 15) is 0 Å². The van der Waals surface area contributed by atoms with Gasteiger partial charge < -0.3 is 0 Å². The summed E-state index contributed by atoms with van der Waals surface area (Å²) in [6, 6.07) is 26.9. The third-order valence-electron chi connectivity index (χ3n) is 7.75. The fraction of sp³-hybridized carbons (Fsp3) is 0.278. The Labute approximate surface area is 232 Å². The number of hydrogen-bond acceptors (Lipinski definition) is 0. The minimum absolute atomic E-state index is 0.240. The number of benzene rings is 5. The summed E-state index contributed by atoms with van der Waals surface area (Å²) in [6.07, 6.45) is 2.26. The van der Waals surface area contributed by atoms with Crippen molar-refractivity contribution in [2.24, 2.45) is 0 Å². The van der Waals surface area contributed by atoms with Crippen LogP contribution in [-0.2, 0) is 0 Å². The highest BCUT2D eigenvalue weighted by Gasteiger charge is 2.16. The molecule has 0 amide bonds. The minimum Gasteiger partial charge on any atom is -0.130 e. The van der Waals surface area contributed by atoms with E-state index in [4.69, 9.17) is 0 Å². The van der Waals surface area contributed by atoms with Gasteiger partial charge in [-0.2, -0.15) is 0 Å². The van der Waals surface area contributed by atoms with Gasteiger partial charge in [-0.15, -0.1) is 11.1 Å². The van der Waals surface area contributed by atoms with E-state index in [0.717, 1.165) is 24.0 Å². The van der Waals surface area contributed by atoms with Crippen molar-refractivity contribution in [2.45, 2.75) is 64.5 Å². The summed E-state index contributed by atoms with van der Waals surface area (Å²) >= 11 is 0. The normalized spacial score (nSPS) is 11.9. The van der Waals surface area contributed by atoms with Crippen LogP contribution in [0.3, 0.4) is 0 Å². The van der Waals surface area contributed by atoms with Gasteiger partial charge in [-0.3, -0.25) is 0 Å². The molecule has 0 aliphatic carbocycles. The van der Waals surface area contributed by atoms with Crippen LogP contribution in [0.2, 0.25) is 10.1 Å². The quantitative estimate of drug-likeness (QED) is 0.125. The maximum atomic E-state index is 3.60. The van der Waals surface area contributed by atoms with E-state index < -0.39 is 0 Å². The molecule has 5 aromatic rings. The molecule has 0 fully saturated rings. The Balaban J connectivity index is 1.69. The van der Waals surface area contributed by atoms with Crippen LogP contribution in [0.15, 0.2) is 72.8 Å². The maximum absolute atomic E-state index is 3.60. The zero-order valence-electron chi connectivity index (χ0n) is 23.3. The lowest BCUT2D eigenvalue weighted by Gasteiger charge is -2.17. The maximum Gasteiger partial charge on any atom is 0.154 e. The molecule has 0 N–H and O–H groups in total. The van der Waals surface area contributed by atoms with Crippen molar-refractivity contribution < 1.29 is 0 Å². The smallest absolute Gasteiger partial charge is 0.130 e. The summed E-state index contributed by atoms with van der Waals surface area (Å²) in [5.74, 6) is 7.12. The highest BCUT2D eigenvalue weighted by molar-refractivity contribution is 6.50. The van der Waals surface area contributed by atoms with Crippen LogP contribution in [0.25, 0.3) is 43.1 Å². The van der Waals surface area contributed by atoms with Gasteiger partial charge in [-0.25, -0.2) is 0 Å². The molecule has 186 valence electrons. The Morgan fingerprint density at radius 3 is 1.58 bits per heavy atom. The average molecular weight is 523 g/mol. The van der Waals surface area contributed by atoms with Crippen LogP contribution < -0.4 is 0 Å². The molecule has 0 saturated heterocycles. The monoisotopic (exact) mass is 522 g/mol. The number of fused-ring (bicyclic) bond motifs is 4. The lowest BCUT2D eigenvalue weighted by atomic mass is 9.94. The number of hydrogen-bond donors (Lipinski definition) is 0. The van der Waals surface area contributed by atoms with E-state index in [1.807, 2.05) is 0 Å². The van der Waals surface area contributed by atoms with Crippen LogP contribution >= 0.6 is 0 Å². The van der Waals surface area contributed by atoms with E-state index >= 15 is 0 Å². The topological polar surface area (TPSA) is 0 Å². The predicted octanol–water partition coefficient (Wildman–Crippen LogP) is 9.54. The van der Waals surface area contributed by atoms with Crippen LogP contribution in [0.1, 0.15) is 65.5 Å². The standard InChI is InChI=1S/C36H34Si2/c1-7-35(3,4)37-17-15-25-13-14-28-21-31-22-29-19-26-11-9-10-12-27(26)20-30(29)23-32(31)24-34(28)33(25)16-18-38-36(5,6)8-2/h9-14,19-24H,7-8H2,1-6H3. The minimum atomic E-state index is 0.240. The van der Waals surface area contributed by atoms with Crippen molar-refractivity contribution in [3.05, 3.63) is 83.9 Å². The SMILES string of the molecule is CCC(C)(C)[Si]C#Cc1ccc2cc3cc4cc5ccccc5cc4cc3cc2c1C#C[Si]C(C)(C)CC. The van der Waals surface area contributed by atoms with Crippen molar-refractivity contribution in [3.63, 3.8) is 0 Å². The second-order valence-electron chi connectivity index (χ2n) is 11.5. The molecule has 0 spiro atoms. The summed E-state index contributed by atoms with van der Waals surface area (Å²) in [5.41, 5.74) is 9.19. The largest absolute Gasteiger partial charge is 0.154 e. The molecule has 0 saturated carbocycles. The first-order valence-electron chi connectivity index (χ1n) is 13.6. The third kappa shape index (κ3) is 5.58. The van der Waals surface area contributed by atoms with Gasteiger partial charge in [-0.1, -0.05) is 96.6 Å². The molecule has 0 atom stereocenters. The van der Waals surface area contributed by atoms with E-state index in [1.54, 1.807) is 0 Å². The van der Waals surface area contributed by atoms with Gasteiger partial charge in [0, 0.05) is 11.1 Å². The molecule has 0 bridgehead atoms. The summed E-state index contributed by atoms with van der Waals surface area (Å²) in [6.45, 7) is 13.7. The Morgan fingerprint density at radius 2 is 1.03 bits per heavy atom. The lowest BCUT2D eigenvalue weighted by Crippen LogP contribution is -2.10. The first-order chi connectivity index (χ1) is 18.2. The van der Waals surface area contributed by atoms with E-state index in [0.29, 0.717) is 19.0 Å². The Bertz CT molecular complexity index is 1800. The first-order valence-corrected chi connectivity index (χ1v) is 15.6. The summed E-state index contributed by atoms with van der Waals surface area (Å²) < 4.78 is 0. The van der Waals surface area contributed by atoms with E-state index in [1.165, 1.54) is 43.1 Å². The molecule has 0 aliphatic heterocycles. The van der Waals surface area contributed by atoms with Crippen molar-refractivity contribution in [3.8, 4) is 22.9 Å². The van der Waals surface area contributed by atoms with Crippen molar-refractivity contribution in [2.75, 3.05) is 0 Å². The van der Waals surface area contributed by atoms with Gasteiger partial charge in [-0.05, 0) is 95.6 Å². The van der Waals surface area contributed by atoms with Gasteiger partial charge in [0.1, 0.15) is 0 Å². The molecule has 0 nitrogen and oxygen atoms in total. The van der Waals surface area contributed by atoms with Gasteiger partial charge in [0.2, 0.25) is 0 Å². The molecule has 0 heterocycles. The summed E-state index contributed by atoms with van der Waals surface area (Å²) in [4.78, 5) is 0. The molecule has 5 rings (SSSR count). The van der Waals surface area contributed by atoms with Crippen LogP contribution in [0, 0.1) is 22.9 Å². The first kappa shape index (κ1) is 26.3. The third-order valence-corrected chi connectivity index (χ3v) is 10.3. The molecular weight excluding hydrogens is 489 g/mol.